The van der Waals surface area contributed by atoms with E-state index >= 15 is 0 Å². The molecule has 1 saturated carbocycles. The molecule has 2 aliphatic rings. The number of sulfone groups is 1. The van der Waals surface area contributed by atoms with E-state index in [0.29, 0.717) is 32.4 Å². The van der Waals surface area contributed by atoms with Gasteiger partial charge in [-0.3, -0.25) is 9.59 Å². The minimum atomic E-state index is -3.05. The van der Waals surface area contributed by atoms with Crippen LogP contribution in [0.5, 0.6) is 0 Å². The number of carbonyl (C=O) groups excluding carboxylic acids is 2. The van der Waals surface area contributed by atoms with Crippen LogP contribution in [0.3, 0.4) is 0 Å². The van der Waals surface area contributed by atoms with E-state index in [1.165, 1.54) is 0 Å². The molecule has 0 bridgehead atoms. The summed E-state index contributed by atoms with van der Waals surface area (Å²) in [5.74, 6) is -0.249. The average Bonchev–Trinajstić information content (AvgIpc) is 3.24. The first kappa shape index (κ1) is 19.2. The quantitative estimate of drug-likeness (QED) is 0.482. The fourth-order valence-electron chi connectivity index (χ4n) is 3.29. The summed E-state index contributed by atoms with van der Waals surface area (Å²) in [6.45, 7) is 3.71. The van der Waals surface area contributed by atoms with Gasteiger partial charge in [0.05, 0.1) is 11.5 Å². The number of nitrogens with zero attached hydrogens (tertiary/aromatic N) is 2. The van der Waals surface area contributed by atoms with Gasteiger partial charge in [0.1, 0.15) is 5.41 Å². The number of nitrogens with one attached hydrogen (secondary N) is 1. The van der Waals surface area contributed by atoms with Crippen LogP contribution in [-0.2, 0) is 19.4 Å². The third-order valence-corrected chi connectivity index (χ3v) is 6.66. The summed E-state index contributed by atoms with van der Waals surface area (Å²) in [5, 5.41) is 2.88. The van der Waals surface area contributed by atoms with E-state index in [4.69, 9.17) is 0 Å². The lowest BCUT2D eigenvalue weighted by molar-refractivity contribution is -0.145. The molecule has 1 aliphatic heterocycles. The normalized spacial score (nSPS) is 23.9. The van der Waals surface area contributed by atoms with Crippen LogP contribution in [-0.4, -0.2) is 81.3 Å². The predicted molar refractivity (Wildman–Crippen MR) is 92.3 cm³/mol. The molecule has 0 aromatic heterocycles. The second-order valence-electron chi connectivity index (χ2n) is 7.14. The van der Waals surface area contributed by atoms with Gasteiger partial charge in [-0.15, -0.1) is 0 Å². The van der Waals surface area contributed by atoms with Crippen molar-refractivity contribution in [1.29, 1.82) is 0 Å². The molecule has 2 fully saturated rings. The highest BCUT2D eigenvalue weighted by Crippen LogP contribution is 2.48. The Morgan fingerprint density at radius 2 is 1.92 bits per heavy atom. The molecule has 1 atom stereocenters. The summed E-state index contributed by atoms with van der Waals surface area (Å²) in [5.41, 5.74) is -0.958. The maximum Gasteiger partial charge on any atom is 0.238 e. The van der Waals surface area contributed by atoms with E-state index in [1.54, 1.807) is 4.90 Å². The highest BCUT2D eigenvalue weighted by atomic mass is 32.2. The summed E-state index contributed by atoms with van der Waals surface area (Å²) >= 11 is 0. The fourth-order valence-corrected chi connectivity index (χ4v) is 5.02. The van der Waals surface area contributed by atoms with E-state index in [9.17, 15) is 18.0 Å². The molecule has 2 amide bonds. The zero-order chi connectivity index (χ0) is 18.0. The van der Waals surface area contributed by atoms with Crippen molar-refractivity contribution in [1.82, 2.24) is 15.1 Å². The van der Waals surface area contributed by atoms with Crippen molar-refractivity contribution in [3.8, 4) is 0 Å². The highest BCUT2D eigenvalue weighted by Gasteiger charge is 2.58. The number of rotatable bonds is 8. The zero-order valence-corrected chi connectivity index (χ0v) is 15.7. The fraction of sp³-hybridized carbons (Fsp3) is 0.875. The van der Waals surface area contributed by atoms with Crippen LogP contribution in [0, 0.1) is 5.41 Å². The maximum absolute atomic E-state index is 12.9. The van der Waals surface area contributed by atoms with E-state index < -0.39 is 15.3 Å². The van der Waals surface area contributed by atoms with Crippen molar-refractivity contribution in [3.63, 3.8) is 0 Å². The first-order chi connectivity index (χ1) is 11.2. The van der Waals surface area contributed by atoms with Crippen molar-refractivity contribution >= 4 is 21.7 Å². The zero-order valence-electron chi connectivity index (χ0n) is 14.9. The van der Waals surface area contributed by atoms with Crippen LogP contribution in [0.1, 0.15) is 32.6 Å². The molecular weight excluding hydrogens is 330 g/mol. The van der Waals surface area contributed by atoms with Gasteiger partial charge in [0.25, 0.3) is 0 Å². The van der Waals surface area contributed by atoms with Crippen LogP contribution in [0.2, 0.25) is 0 Å². The third kappa shape index (κ3) is 4.27. The standard InChI is InChI=1S/C16H29N3O4S/c1-4-19(13-6-11-24(22,23)12-13)15(21)16(7-8-16)14(20)17-9-5-10-18(2)3/h13H,4-12H2,1-3H3,(H,17,20). The number of amides is 2. The Hall–Kier alpha value is -1.15. The van der Waals surface area contributed by atoms with Crippen LogP contribution in [0.4, 0.5) is 0 Å². The molecule has 7 nitrogen and oxygen atoms in total. The molecule has 138 valence electrons. The molecule has 8 heteroatoms. The van der Waals surface area contributed by atoms with Crippen LogP contribution >= 0.6 is 0 Å². The molecule has 2 rings (SSSR count). The predicted octanol–water partition coefficient (Wildman–Crippen LogP) is -0.130. The highest BCUT2D eigenvalue weighted by molar-refractivity contribution is 7.91. The van der Waals surface area contributed by atoms with Gasteiger partial charge in [-0.2, -0.15) is 0 Å². The van der Waals surface area contributed by atoms with Crippen molar-refractivity contribution in [3.05, 3.63) is 0 Å². The Balaban J connectivity index is 1.95. The number of hydrogen-bond donors (Lipinski definition) is 1. The molecule has 0 aromatic carbocycles. The minimum Gasteiger partial charge on any atom is -0.355 e. The summed E-state index contributed by atoms with van der Waals surface area (Å²) in [4.78, 5) is 29.0. The number of hydrogen-bond acceptors (Lipinski definition) is 5. The minimum absolute atomic E-state index is 0.0209. The van der Waals surface area contributed by atoms with Crippen LogP contribution in [0.15, 0.2) is 0 Å². The van der Waals surface area contributed by atoms with Crippen molar-refractivity contribution in [2.75, 3.05) is 45.2 Å². The average molecular weight is 359 g/mol. The maximum atomic E-state index is 12.9. The Morgan fingerprint density at radius 1 is 1.25 bits per heavy atom. The lowest BCUT2D eigenvalue weighted by atomic mass is 10.0. The molecular formula is C16H29N3O4S. The van der Waals surface area contributed by atoms with E-state index in [2.05, 4.69) is 5.32 Å². The van der Waals surface area contributed by atoms with Crippen LogP contribution < -0.4 is 5.32 Å². The largest absolute Gasteiger partial charge is 0.355 e. The van der Waals surface area contributed by atoms with E-state index in [-0.39, 0.29) is 29.4 Å². The third-order valence-electron chi connectivity index (χ3n) is 4.91. The van der Waals surface area contributed by atoms with Crippen molar-refractivity contribution < 1.29 is 18.0 Å². The summed E-state index contributed by atoms with van der Waals surface area (Å²) in [7, 11) is 0.895. The Labute approximate surface area is 144 Å². The van der Waals surface area contributed by atoms with E-state index in [0.717, 1.165) is 13.0 Å². The molecule has 0 aromatic rings. The summed E-state index contributed by atoms with van der Waals surface area (Å²) in [6.07, 6.45) is 2.42. The van der Waals surface area contributed by atoms with Gasteiger partial charge < -0.3 is 15.1 Å². The first-order valence-electron chi connectivity index (χ1n) is 8.66. The Morgan fingerprint density at radius 3 is 2.38 bits per heavy atom. The smallest absolute Gasteiger partial charge is 0.238 e. The van der Waals surface area contributed by atoms with Gasteiger partial charge in [0.2, 0.25) is 11.8 Å². The SMILES string of the molecule is CCN(C(=O)C1(C(=O)NCCCN(C)C)CC1)C1CCS(=O)(=O)C1. The molecule has 0 radical (unpaired) electrons. The molecule has 1 aliphatic carbocycles. The molecule has 1 saturated heterocycles. The monoisotopic (exact) mass is 359 g/mol. The van der Waals surface area contributed by atoms with Crippen molar-refractivity contribution in [2.45, 2.75) is 38.6 Å². The second-order valence-corrected chi connectivity index (χ2v) is 9.37. The molecule has 1 heterocycles. The lowest BCUT2D eigenvalue weighted by Gasteiger charge is -2.30. The molecule has 0 spiro atoms. The van der Waals surface area contributed by atoms with Gasteiger partial charge in [0, 0.05) is 19.1 Å². The van der Waals surface area contributed by atoms with Gasteiger partial charge in [-0.05, 0) is 53.2 Å². The number of carbonyl (C=O) groups is 2. The molecule has 24 heavy (non-hydrogen) atoms. The van der Waals surface area contributed by atoms with E-state index in [1.807, 2.05) is 25.9 Å². The first-order valence-corrected chi connectivity index (χ1v) is 10.5. The molecule has 1 unspecified atom stereocenters. The van der Waals surface area contributed by atoms with Gasteiger partial charge >= 0.3 is 0 Å². The lowest BCUT2D eigenvalue weighted by Crippen LogP contribution is -2.49. The van der Waals surface area contributed by atoms with Gasteiger partial charge in [-0.25, -0.2) is 8.42 Å². The Bertz CT molecular complexity index is 584. The summed E-state index contributed by atoms with van der Waals surface area (Å²) in [6, 6.07) is -0.286. The van der Waals surface area contributed by atoms with Gasteiger partial charge in [-0.1, -0.05) is 0 Å². The van der Waals surface area contributed by atoms with Crippen molar-refractivity contribution in [2.24, 2.45) is 5.41 Å². The molecule has 1 N–H and O–H groups in total. The topological polar surface area (TPSA) is 86.8 Å². The van der Waals surface area contributed by atoms with Crippen LogP contribution in [0.25, 0.3) is 0 Å². The second kappa shape index (κ2) is 7.39. The Kier molecular flexibility index (Phi) is 5.91. The summed E-state index contributed by atoms with van der Waals surface area (Å²) < 4.78 is 23.4. The van der Waals surface area contributed by atoms with Gasteiger partial charge in [0.15, 0.2) is 9.84 Å².